The van der Waals surface area contributed by atoms with Crippen molar-refractivity contribution < 1.29 is 22.4 Å². The number of sulfonamides is 1. The highest BCUT2D eigenvalue weighted by molar-refractivity contribution is 7.89. The molecule has 1 fully saturated rings. The van der Waals surface area contributed by atoms with Gasteiger partial charge in [-0.25, -0.2) is 17.5 Å². The van der Waals surface area contributed by atoms with Crippen molar-refractivity contribution in [2.24, 2.45) is 0 Å². The molecule has 1 N–H and O–H groups in total. The largest absolute Gasteiger partial charge is 0.311 e. The van der Waals surface area contributed by atoms with E-state index < -0.39 is 21.9 Å². The van der Waals surface area contributed by atoms with Gasteiger partial charge in [-0.1, -0.05) is 18.2 Å². The van der Waals surface area contributed by atoms with E-state index in [0.29, 0.717) is 11.3 Å². The van der Waals surface area contributed by atoms with Gasteiger partial charge < -0.3 is 4.90 Å². The van der Waals surface area contributed by atoms with Crippen LogP contribution in [0.2, 0.25) is 0 Å². The smallest absolute Gasteiger partial charge is 0.240 e. The zero-order valence-electron chi connectivity index (χ0n) is 14.0. The van der Waals surface area contributed by atoms with Gasteiger partial charge in [0.2, 0.25) is 15.9 Å². The molecule has 1 amide bonds. The molecule has 1 aliphatic rings. The van der Waals surface area contributed by atoms with Gasteiger partial charge in [0.05, 0.1) is 4.90 Å². The topological polar surface area (TPSA) is 83.5 Å². The lowest BCUT2D eigenvalue weighted by Gasteiger charge is -2.17. The fourth-order valence-corrected chi connectivity index (χ4v) is 4.06. The summed E-state index contributed by atoms with van der Waals surface area (Å²) in [5.41, 5.74) is 0.805. The Bertz CT molecular complexity index is 957. The van der Waals surface area contributed by atoms with E-state index in [9.17, 15) is 22.4 Å². The number of hydrogen-bond donors (Lipinski definition) is 1. The maximum atomic E-state index is 13.4. The van der Waals surface area contributed by atoms with Gasteiger partial charge in [0.1, 0.15) is 5.82 Å². The Labute approximate surface area is 150 Å². The van der Waals surface area contributed by atoms with Gasteiger partial charge in [0.15, 0.2) is 5.78 Å². The normalized spacial score (nSPS) is 17.5. The van der Waals surface area contributed by atoms with E-state index in [2.05, 4.69) is 4.72 Å². The van der Waals surface area contributed by atoms with Crippen LogP contribution in [0.5, 0.6) is 0 Å². The molecular formula is C18H17FN2O4S. The molecule has 0 radical (unpaired) electrons. The molecule has 3 rings (SSSR count). The zero-order chi connectivity index (χ0) is 18.9. The predicted octanol–water partition coefficient (Wildman–Crippen LogP) is 2.11. The number of Topliss-reactive ketones (excluding diaryl/α,β-unsaturated/α-hetero) is 1. The number of amides is 1. The third-order valence-corrected chi connectivity index (χ3v) is 5.67. The van der Waals surface area contributed by atoms with Crippen LogP contribution in [0.3, 0.4) is 0 Å². The highest BCUT2D eigenvalue weighted by Crippen LogP contribution is 2.23. The number of benzene rings is 2. The Morgan fingerprint density at radius 1 is 1.19 bits per heavy atom. The number of carbonyl (C=O) groups is 2. The summed E-state index contributed by atoms with van der Waals surface area (Å²) in [6.07, 6.45) is -0.0126. The van der Waals surface area contributed by atoms with Gasteiger partial charge in [-0.15, -0.1) is 0 Å². The lowest BCUT2D eigenvalue weighted by molar-refractivity contribution is -0.117. The number of halogens is 1. The molecule has 1 heterocycles. The Balaban J connectivity index is 1.74. The van der Waals surface area contributed by atoms with Crippen molar-refractivity contribution in [3.8, 4) is 0 Å². The molecule has 1 saturated heterocycles. The SMILES string of the molecule is CC(=O)c1ccc(S(=O)(=O)N[C@H]2CC(=O)N(c3cccc(F)c3)C2)cc1. The number of nitrogens with one attached hydrogen (secondary N) is 1. The quantitative estimate of drug-likeness (QED) is 0.810. The fourth-order valence-electron chi connectivity index (χ4n) is 2.84. The first-order chi connectivity index (χ1) is 12.3. The number of carbonyl (C=O) groups excluding carboxylic acids is 2. The van der Waals surface area contributed by atoms with Crippen molar-refractivity contribution in [3.63, 3.8) is 0 Å². The van der Waals surface area contributed by atoms with Crippen LogP contribution in [0, 0.1) is 5.82 Å². The standard InChI is InChI=1S/C18H17FN2O4S/c1-12(22)13-5-7-17(8-6-13)26(24,25)20-15-10-18(23)21(11-15)16-4-2-3-14(19)9-16/h2-9,15,20H,10-11H2,1H3/t15-/m0/s1. The summed E-state index contributed by atoms with van der Waals surface area (Å²) in [6.45, 7) is 1.51. The summed E-state index contributed by atoms with van der Waals surface area (Å²) in [4.78, 5) is 24.8. The van der Waals surface area contributed by atoms with Gasteiger partial charge in [0, 0.05) is 30.3 Å². The van der Waals surface area contributed by atoms with Crippen molar-refractivity contribution >= 4 is 27.4 Å². The molecule has 136 valence electrons. The van der Waals surface area contributed by atoms with Crippen LogP contribution in [-0.4, -0.2) is 32.7 Å². The van der Waals surface area contributed by atoms with E-state index in [0.717, 1.165) is 0 Å². The minimum atomic E-state index is -3.84. The molecule has 1 atom stereocenters. The van der Waals surface area contributed by atoms with Gasteiger partial charge in [-0.05, 0) is 37.3 Å². The van der Waals surface area contributed by atoms with E-state index in [-0.39, 0.29) is 29.6 Å². The monoisotopic (exact) mass is 376 g/mol. The van der Waals surface area contributed by atoms with Gasteiger partial charge in [-0.3, -0.25) is 9.59 Å². The molecule has 0 bridgehead atoms. The molecule has 0 aliphatic carbocycles. The van der Waals surface area contributed by atoms with Crippen LogP contribution < -0.4 is 9.62 Å². The minimum absolute atomic E-state index is 0.0126. The molecular weight excluding hydrogens is 359 g/mol. The molecule has 0 spiro atoms. The molecule has 6 nitrogen and oxygen atoms in total. The lowest BCUT2D eigenvalue weighted by atomic mass is 10.2. The summed E-state index contributed by atoms with van der Waals surface area (Å²) in [7, 11) is -3.84. The van der Waals surface area contributed by atoms with E-state index in [1.54, 1.807) is 6.07 Å². The maximum Gasteiger partial charge on any atom is 0.240 e. The van der Waals surface area contributed by atoms with Crippen molar-refractivity contribution in [1.82, 2.24) is 4.72 Å². The first-order valence-corrected chi connectivity index (χ1v) is 9.44. The summed E-state index contributed by atoms with van der Waals surface area (Å²) >= 11 is 0. The maximum absolute atomic E-state index is 13.4. The second-order valence-corrected chi connectivity index (χ2v) is 7.80. The van der Waals surface area contributed by atoms with Crippen LogP contribution in [0.15, 0.2) is 53.4 Å². The van der Waals surface area contributed by atoms with Crippen molar-refractivity contribution in [1.29, 1.82) is 0 Å². The first-order valence-electron chi connectivity index (χ1n) is 7.95. The molecule has 8 heteroatoms. The fraction of sp³-hybridized carbons (Fsp3) is 0.222. The Morgan fingerprint density at radius 2 is 1.88 bits per heavy atom. The summed E-state index contributed by atoms with van der Waals surface area (Å²) in [5.74, 6) is -0.908. The van der Waals surface area contributed by atoms with Crippen molar-refractivity contribution in [2.75, 3.05) is 11.4 Å². The number of rotatable bonds is 5. The number of ketones is 1. The Morgan fingerprint density at radius 3 is 2.50 bits per heavy atom. The minimum Gasteiger partial charge on any atom is -0.311 e. The molecule has 0 unspecified atom stereocenters. The van der Waals surface area contributed by atoms with Crippen LogP contribution in [-0.2, 0) is 14.8 Å². The average molecular weight is 376 g/mol. The molecule has 1 aliphatic heterocycles. The Hall–Kier alpha value is -2.58. The van der Waals surface area contributed by atoms with E-state index in [1.807, 2.05) is 0 Å². The number of hydrogen-bond acceptors (Lipinski definition) is 4. The highest BCUT2D eigenvalue weighted by atomic mass is 32.2. The second kappa shape index (κ2) is 6.97. The van der Waals surface area contributed by atoms with Crippen LogP contribution in [0.1, 0.15) is 23.7 Å². The number of nitrogens with zero attached hydrogens (tertiary/aromatic N) is 1. The first kappa shape index (κ1) is 18.2. The van der Waals surface area contributed by atoms with E-state index in [1.165, 1.54) is 54.3 Å². The van der Waals surface area contributed by atoms with E-state index >= 15 is 0 Å². The summed E-state index contributed by atoms with van der Waals surface area (Å²) in [6, 6.07) is 10.5. The molecule has 2 aromatic carbocycles. The van der Waals surface area contributed by atoms with E-state index in [4.69, 9.17) is 0 Å². The molecule has 2 aromatic rings. The van der Waals surface area contributed by atoms with Crippen molar-refractivity contribution in [3.05, 3.63) is 59.9 Å². The van der Waals surface area contributed by atoms with Gasteiger partial charge >= 0.3 is 0 Å². The third kappa shape index (κ3) is 3.81. The average Bonchev–Trinajstić information content (AvgIpc) is 2.94. The predicted molar refractivity (Wildman–Crippen MR) is 93.9 cm³/mol. The summed E-state index contributed by atoms with van der Waals surface area (Å²) < 4.78 is 40.8. The zero-order valence-corrected chi connectivity index (χ0v) is 14.8. The second-order valence-electron chi connectivity index (χ2n) is 6.09. The van der Waals surface area contributed by atoms with Crippen LogP contribution >= 0.6 is 0 Å². The number of anilines is 1. The van der Waals surface area contributed by atoms with Gasteiger partial charge in [-0.2, -0.15) is 0 Å². The summed E-state index contributed by atoms with van der Waals surface area (Å²) in [5, 5.41) is 0. The van der Waals surface area contributed by atoms with Crippen molar-refractivity contribution in [2.45, 2.75) is 24.3 Å². The highest BCUT2D eigenvalue weighted by Gasteiger charge is 2.33. The van der Waals surface area contributed by atoms with Crippen LogP contribution in [0.25, 0.3) is 0 Å². The molecule has 0 aromatic heterocycles. The lowest BCUT2D eigenvalue weighted by Crippen LogP contribution is -2.37. The van der Waals surface area contributed by atoms with Crippen LogP contribution in [0.4, 0.5) is 10.1 Å². The molecule has 0 saturated carbocycles. The van der Waals surface area contributed by atoms with Gasteiger partial charge in [0.25, 0.3) is 0 Å². The molecule has 26 heavy (non-hydrogen) atoms. The third-order valence-electron chi connectivity index (χ3n) is 4.14. The Kier molecular flexibility index (Phi) is 4.88.